The third-order valence-electron chi connectivity index (χ3n) is 5.87. The summed E-state index contributed by atoms with van der Waals surface area (Å²) in [5, 5.41) is 32.5. The first-order chi connectivity index (χ1) is 14.3. The number of aliphatic hydroxyl groups excluding tert-OH is 2. The lowest BCUT2D eigenvalue weighted by Gasteiger charge is -2.34. The van der Waals surface area contributed by atoms with Crippen molar-refractivity contribution in [1.29, 1.82) is 5.41 Å². The maximum Gasteiger partial charge on any atom is 0.321 e. The molecule has 1 aliphatic heterocycles. The summed E-state index contributed by atoms with van der Waals surface area (Å²) in [6, 6.07) is -1.11. The lowest BCUT2D eigenvalue weighted by Crippen LogP contribution is -2.49. The number of amides is 2. The molecular weight excluding hydrogens is 382 g/mol. The summed E-state index contributed by atoms with van der Waals surface area (Å²) in [5.41, 5.74) is 7.80. The van der Waals surface area contributed by atoms with Gasteiger partial charge in [-0.2, -0.15) is 0 Å². The van der Waals surface area contributed by atoms with Gasteiger partial charge in [0.25, 0.3) is 0 Å². The smallest absolute Gasteiger partial charge is 0.321 e. The zero-order chi connectivity index (χ0) is 21.8. The summed E-state index contributed by atoms with van der Waals surface area (Å²) in [5.74, 6) is 0.0411. The normalized spacial score (nSPS) is 25.2. The lowest BCUT2D eigenvalue weighted by atomic mass is 9.88. The van der Waals surface area contributed by atoms with Gasteiger partial charge in [0.2, 0.25) is 0 Å². The minimum Gasteiger partial charge on any atom is -0.512 e. The van der Waals surface area contributed by atoms with Crippen molar-refractivity contribution in [3.05, 3.63) is 46.8 Å². The van der Waals surface area contributed by atoms with Gasteiger partial charge in [-0.15, -0.1) is 0 Å². The van der Waals surface area contributed by atoms with Gasteiger partial charge in [0, 0.05) is 44.7 Å². The number of allylic oxidation sites excluding steroid dienone is 2. The molecule has 2 atom stereocenters. The van der Waals surface area contributed by atoms with Crippen LogP contribution in [-0.4, -0.2) is 76.7 Å². The van der Waals surface area contributed by atoms with Crippen molar-refractivity contribution < 1.29 is 15.0 Å². The van der Waals surface area contributed by atoms with E-state index in [1.54, 1.807) is 6.08 Å². The maximum atomic E-state index is 12.2. The highest BCUT2D eigenvalue weighted by atomic mass is 16.3. The van der Waals surface area contributed by atoms with Gasteiger partial charge in [-0.25, -0.2) is 4.79 Å². The van der Waals surface area contributed by atoms with Crippen LogP contribution in [-0.2, 0) is 0 Å². The first kappa shape index (κ1) is 22.3. The molecule has 1 fully saturated rings. The molecule has 3 aliphatic rings. The molecule has 2 unspecified atom stereocenters. The van der Waals surface area contributed by atoms with Crippen LogP contribution >= 0.6 is 0 Å². The molecule has 0 aromatic rings. The van der Waals surface area contributed by atoms with Gasteiger partial charge in [0.1, 0.15) is 5.84 Å². The second-order valence-corrected chi connectivity index (χ2v) is 8.40. The maximum absolute atomic E-state index is 12.2. The van der Waals surface area contributed by atoms with E-state index in [0.29, 0.717) is 17.6 Å². The number of aliphatic hydroxyl groups is 2. The molecule has 164 valence electrons. The number of rotatable bonds is 5. The standard InChI is InChI=1S/C22H33N5O3/c1-14(2)17-11-18(20(29)12-19(17)28)21(23)27(22(24)30)16-5-3-15(4-6-16)13-26-9-7-25-8-10-26/h3-5,11,14,16,20,23,25,28-29H,6-10,12-13H2,1-2H3,(H2,24,30). The molecule has 0 aromatic heterocycles. The second-order valence-electron chi connectivity index (χ2n) is 8.40. The fraction of sp³-hybridized carbons (Fsp3) is 0.545. The summed E-state index contributed by atoms with van der Waals surface area (Å²) in [7, 11) is 0. The minimum atomic E-state index is -1.05. The molecule has 30 heavy (non-hydrogen) atoms. The minimum absolute atomic E-state index is 0.0313. The molecule has 8 heteroatoms. The van der Waals surface area contributed by atoms with Crippen LogP contribution in [0.1, 0.15) is 26.7 Å². The van der Waals surface area contributed by atoms with Crippen LogP contribution in [0.3, 0.4) is 0 Å². The van der Waals surface area contributed by atoms with Gasteiger partial charge < -0.3 is 21.3 Å². The SMILES string of the molecule is CC(C)C1=C(O)CC(O)C(C(=N)N(C(N)=O)C2C=CC(CN3CCNCC3)=CC2)=C1. The molecule has 6 N–H and O–H groups in total. The highest BCUT2D eigenvalue weighted by Gasteiger charge is 2.32. The van der Waals surface area contributed by atoms with Crippen molar-refractivity contribution in [1.82, 2.24) is 15.1 Å². The molecule has 0 saturated carbocycles. The Kier molecular flexibility index (Phi) is 7.12. The number of nitrogens with one attached hydrogen (secondary N) is 2. The van der Waals surface area contributed by atoms with Crippen LogP contribution in [0.25, 0.3) is 0 Å². The first-order valence-electron chi connectivity index (χ1n) is 10.6. The molecule has 3 rings (SSSR count). The molecule has 2 aliphatic carbocycles. The number of nitrogens with two attached hydrogens (primary N) is 1. The molecule has 2 amide bonds. The van der Waals surface area contributed by atoms with Crippen LogP contribution in [0.4, 0.5) is 4.79 Å². The number of urea groups is 1. The van der Waals surface area contributed by atoms with Crippen LogP contribution in [0.5, 0.6) is 0 Å². The molecular formula is C22H33N5O3. The van der Waals surface area contributed by atoms with Gasteiger partial charge in [-0.05, 0) is 29.6 Å². The van der Waals surface area contributed by atoms with Crippen LogP contribution < -0.4 is 11.1 Å². The third kappa shape index (κ3) is 5.00. The predicted molar refractivity (Wildman–Crippen MR) is 117 cm³/mol. The van der Waals surface area contributed by atoms with Crippen LogP contribution in [0.2, 0.25) is 0 Å². The van der Waals surface area contributed by atoms with Crippen molar-refractivity contribution in [2.45, 2.75) is 38.8 Å². The molecule has 1 saturated heterocycles. The van der Waals surface area contributed by atoms with Crippen LogP contribution in [0.15, 0.2) is 46.8 Å². The van der Waals surface area contributed by atoms with Gasteiger partial charge in [-0.1, -0.05) is 32.1 Å². The average molecular weight is 416 g/mol. The zero-order valence-electron chi connectivity index (χ0n) is 17.8. The summed E-state index contributed by atoms with van der Waals surface area (Å²) in [6.45, 7) is 8.74. The number of carbonyl (C=O) groups excluding carboxylic acids is 1. The number of piperazine rings is 1. The Morgan fingerprint density at radius 2 is 2.10 bits per heavy atom. The molecule has 1 heterocycles. The third-order valence-corrected chi connectivity index (χ3v) is 5.87. The molecule has 8 nitrogen and oxygen atoms in total. The lowest BCUT2D eigenvalue weighted by molar-refractivity contribution is 0.187. The highest BCUT2D eigenvalue weighted by molar-refractivity contribution is 6.06. The molecule has 0 bridgehead atoms. The Morgan fingerprint density at radius 1 is 1.40 bits per heavy atom. The Bertz CT molecular complexity index is 806. The van der Waals surface area contributed by atoms with E-state index in [1.807, 2.05) is 26.0 Å². The monoisotopic (exact) mass is 415 g/mol. The largest absolute Gasteiger partial charge is 0.512 e. The summed E-state index contributed by atoms with van der Waals surface area (Å²) >= 11 is 0. The summed E-state index contributed by atoms with van der Waals surface area (Å²) in [6.07, 6.45) is 7.15. The highest BCUT2D eigenvalue weighted by Crippen LogP contribution is 2.30. The van der Waals surface area contributed by atoms with E-state index < -0.39 is 12.1 Å². The zero-order valence-corrected chi connectivity index (χ0v) is 17.8. The van der Waals surface area contributed by atoms with Crippen molar-refractivity contribution in [2.24, 2.45) is 11.7 Å². The van der Waals surface area contributed by atoms with E-state index in [-0.39, 0.29) is 30.0 Å². The van der Waals surface area contributed by atoms with Gasteiger partial charge in [-0.3, -0.25) is 15.2 Å². The average Bonchev–Trinajstić information content (AvgIpc) is 2.69. The topological polar surface area (TPSA) is 126 Å². The molecule has 0 radical (unpaired) electrons. The van der Waals surface area contributed by atoms with Gasteiger partial charge in [0.05, 0.1) is 17.9 Å². The van der Waals surface area contributed by atoms with Crippen LogP contribution in [0, 0.1) is 11.3 Å². The number of hydrogen-bond donors (Lipinski definition) is 5. The predicted octanol–water partition coefficient (Wildman–Crippen LogP) is 1.66. The Labute approximate surface area is 177 Å². The van der Waals surface area contributed by atoms with E-state index in [1.165, 1.54) is 10.5 Å². The van der Waals surface area contributed by atoms with Gasteiger partial charge in [0.15, 0.2) is 0 Å². The molecule has 0 spiro atoms. The van der Waals surface area contributed by atoms with Crippen molar-refractivity contribution in [3.8, 4) is 0 Å². The number of amidine groups is 1. The Morgan fingerprint density at radius 3 is 2.67 bits per heavy atom. The Hall–Kier alpha value is -2.42. The number of hydrogen-bond acceptors (Lipinski definition) is 6. The van der Waals surface area contributed by atoms with Crippen molar-refractivity contribution >= 4 is 11.9 Å². The fourth-order valence-electron chi connectivity index (χ4n) is 4.15. The van der Waals surface area contributed by atoms with E-state index >= 15 is 0 Å². The van der Waals surface area contributed by atoms with E-state index in [4.69, 9.17) is 11.1 Å². The Balaban J connectivity index is 1.73. The summed E-state index contributed by atoms with van der Waals surface area (Å²) in [4.78, 5) is 15.8. The number of nitrogens with zero attached hydrogens (tertiary/aromatic N) is 2. The van der Waals surface area contributed by atoms with Gasteiger partial charge >= 0.3 is 6.03 Å². The van der Waals surface area contributed by atoms with E-state index in [0.717, 1.165) is 32.7 Å². The van der Waals surface area contributed by atoms with Crippen molar-refractivity contribution in [2.75, 3.05) is 32.7 Å². The van der Waals surface area contributed by atoms with Crippen molar-refractivity contribution in [3.63, 3.8) is 0 Å². The summed E-state index contributed by atoms with van der Waals surface area (Å²) < 4.78 is 0. The fourth-order valence-corrected chi connectivity index (χ4v) is 4.15. The molecule has 0 aromatic carbocycles. The first-order valence-corrected chi connectivity index (χ1v) is 10.6. The number of carbonyl (C=O) groups is 1. The van der Waals surface area contributed by atoms with E-state index in [9.17, 15) is 15.0 Å². The van der Waals surface area contributed by atoms with E-state index in [2.05, 4.69) is 16.3 Å². The quantitative estimate of drug-likeness (QED) is 0.345. The second kappa shape index (κ2) is 9.59. The number of primary amides is 1.